The summed E-state index contributed by atoms with van der Waals surface area (Å²) in [5.41, 5.74) is 0.746. The van der Waals surface area contributed by atoms with Crippen LogP contribution >= 0.6 is 0 Å². The molecule has 0 aromatic heterocycles. The van der Waals surface area contributed by atoms with Gasteiger partial charge in [-0.2, -0.15) is 0 Å². The van der Waals surface area contributed by atoms with Crippen molar-refractivity contribution in [2.24, 2.45) is 5.92 Å². The third-order valence-corrected chi connectivity index (χ3v) is 3.59. The van der Waals surface area contributed by atoms with Crippen LogP contribution in [0.15, 0.2) is 18.2 Å². The number of ether oxygens (including phenoxy) is 1. The van der Waals surface area contributed by atoms with Crippen LogP contribution in [0.5, 0.6) is 5.75 Å². The zero-order valence-electron chi connectivity index (χ0n) is 10.2. The van der Waals surface area contributed by atoms with Crippen molar-refractivity contribution in [1.82, 2.24) is 0 Å². The first-order valence-corrected chi connectivity index (χ1v) is 6.22. The molecule has 1 N–H and O–H groups in total. The molecule has 1 aliphatic rings. The number of methoxy groups -OCH3 is 1. The van der Waals surface area contributed by atoms with E-state index in [9.17, 15) is 9.50 Å². The van der Waals surface area contributed by atoms with E-state index in [-0.39, 0.29) is 11.6 Å². The minimum Gasteiger partial charge on any atom is -0.494 e. The van der Waals surface area contributed by atoms with Crippen LogP contribution in [-0.2, 0) is 0 Å². The second-order valence-electron chi connectivity index (χ2n) is 4.80. The molecule has 0 saturated heterocycles. The van der Waals surface area contributed by atoms with Gasteiger partial charge in [0, 0.05) is 0 Å². The van der Waals surface area contributed by atoms with E-state index >= 15 is 0 Å². The predicted molar refractivity (Wildman–Crippen MR) is 64.5 cm³/mol. The van der Waals surface area contributed by atoms with Crippen molar-refractivity contribution in [3.05, 3.63) is 29.6 Å². The summed E-state index contributed by atoms with van der Waals surface area (Å²) in [7, 11) is 1.44. The number of rotatable bonds is 4. The van der Waals surface area contributed by atoms with Crippen LogP contribution in [0, 0.1) is 11.7 Å². The van der Waals surface area contributed by atoms with E-state index < -0.39 is 6.10 Å². The Kier molecular flexibility index (Phi) is 4.00. The van der Waals surface area contributed by atoms with E-state index in [1.807, 2.05) is 0 Å². The predicted octanol–water partition coefficient (Wildman–Crippen LogP) is 3.45. The molecular weight excluding hydrogens is 219 g/mol. The maximum Gasteiger partial charge on any atom is 0.165 e. The van der Waals surface area contributed by atoms with Gasteiger partial charge in [0.15, 0.2) is 11.6 Å². The molecule has 0 spiro atoms. The van der Waals surface area contributed by atoms with E-state index in [1.54, 1.807) is 12.1 Å². The Balaban J connectivity index is 2.04. The lowest BCUT2D eigenvalue weighted by atomic mass is 9.95. The van der Waals surface area contributed by atoms with Gasteiger partial charge in [-0.25, -0.2) is 4.39 Å². The molecule has 2 nitrogen and oxygen atoms in total. The van der Waals surface area contributed by atoms with Crippen molar-refractivity contribution >= 4 is 0 Å². The fraction of sp³-hybridized carbons (Fsp3) is 0.571. The number of aliphatic hydroxyl groups excluding tert-OH is 1. The summed E-state index contributed by atoms with van der Waals surface area (Å²) in [5.74, 6) is 0.429. The molecule has 0 heterocycles. The molecule has 17 heavy (non-hydrogen) atoms. The smallest absolute Gasteiger partial charge is 0.165 e. The highest BCUT2D eigenvalue weighted by molar-refractivity contribution is 5.31. The first kappa shape index (κ1) is 12.4. The maximum absolute atomic E-state index is 13.2. The van der Waals surface area contributed by atoms with Gasteiger partial charge in [0.05, 0.1) is 13.2 Å². The standard InChI is InChI=1S/C14H19FO2/c1-17-14-9-11(6-7-12(14)15)13(16)8-10-4-2-3-5-10/h6-7,9-10,13,16H,2-5,8H2,1H3. The van der Waals surface area contributed by atoms with Crippen molar-refractivity contribution in [1.29, 1.82) is 0 Å². The van der Waals surface area contributed by atoms with Crippen LogP contribution in [0.2, 0.25) is 0 Å². The Morgan fingerprint density at radius 2 is 2.12 bits per heavy atom. The Hall–Kier alpha value is -1.09. The van der Waals surface area contributed by atoms with Crippen LogP contribution in [0.25, 0.3) is 0 Å². The third-order valence-electron chi connectivity index (χ3n) is 3.59. The lowest BCUT2D eigenvalue weighted by Gasteiger charge is -2.16. The molecule has 1 aliphatic carbocycles. The second kappa shape index (κ2) is 5.50. The van der Waals surface area contributed by atoms with Crippen LogP contribution in [0.4, 0.5) is 4.39 Å². The molecule has 1 fully saturated rings. The Morgan fingerprint density at radius 3 is 2.76 bits per heavy atom. The minimum atomic E-state index is -0.507. The molecule has 1 atom stereocenters. The SMILES string of the molecule is COc1cc(C(O)CC2CCCC2)ccc1F. The van der Waals surface area contributed by atoms with E-state index in [0.717, 1.165) is 12.0 Å². The van der Waals surface area contributed by atoms with E-state index in [0.29, 0.717) is 5.92 Å². The molecule has 1 saturated carbocycles. The summed E-state index contributed by atoms with van der Waals surface area (Å²) in [5, 5.41) is 10.1. The van der Waals surface area contributed by atoms with Gasteiger partial charge in [-0.05, 0) is 30.0 Å². The first-order chi connectivity index (χ1) is 8.20. The summed E-state index contributed by atoms with van der Waals surface area (Å²) in [6, 6.07) is 4.58. The lowest BCUT2D eigenvalue weighted by molar-refractivity contribution is 0.144. The van der Waals surface area contributed by atoms with Gasteiger partial charge in [-0.15, -0.1) is 0 Å². The van der Waals surface area contributed by atoms with Crippen LogP contribution in [0.1, 0.15) is 43.8 Å². The molecule has 2 rings (SSSR count). The highest BCUT2D eigenvalue weighted by atomic mass is 19.1. The fourth-order valence-corrected chi connectivity index (χ4v) is 2.58. The van der Waals surface area contributed by atoms with Crippen LogP contribution < -0.4 is 4.74 Å². The normalized spacial score (nSPS) is 18.3. The van der Waals surface area contributed by atoms with Gasteiger partial charge < -0.3 is 9.84 Å². The number of halogens is 1. The number of aliphatic hydroxyl groups is 1. The number of hydrogen-bond donors (Lipinski definition) is 1. The average Bonchev–Trinajstić information content (AvgIpc) is 2.82. The van der Waals surface area contributed by atoms with Gasteiger partial charge in [0.1, 0.15) is 0 Å². The molecule has 94 valence electrons. The molecule has 1 aromatic rings. The summed E-state index contributed by atoms with van der Waals surface area (Å²) in [6.07, 6.45) is 5.21. The zero-order chi connectivity index (χ0) is 12.3. The van der Waals surface area contributed by atoms with Gasteiger partial charge in [-0.3, -0.25) is 0 Å². The summed E-state index contributed by atoms with van der Waals surface area (Å²) in [6.45, 7) is 0. The van der Waals surface area contributed by atoms with Crippen molar-refractivity contribution in [3.63, 3.8) is 0 Å². The van der Waals surface area contributed by atoms with Gasteiger partial charge in [-0.1, -0.05) is 31.7 Å². The van der Waals surface area contributed by atoms with Crippen molar-refractivity contribution in [3.8, 4) is 5.75 Å². The molecule has 0 bridgehead atoms. The summed E-state index contributed by atoms with van der Waals surface area (Å²) < 4.78 is 18.2. The van der Waals surface area contributed by atoms with E-state index in [1.165, 1.54) is 38.9 Å². The van der Waals surface area contributed by atoms with Gasteiger partial charge in [0.25, 0.3) is 0 Å². The average molecular weight is 238 g/mol. The Labute approximate surface area is 101 Å². The molecule has 0 radical (unpaired) electrons. The topological polar surface area (TPSA) is 29.5 Å². The maximum atomic E-state index is 13.2. The Bertz CT molecular complexity index is 372. The monoisotopic (exact) mass is 238 g/mol. The van der Waals surface area contributed by atoms with Crippen LogP contribution in [0.3, 0.4) is 0 Å². The Morgan fingerprint density at radius 1 is 1.41 bits per heavy atom. The third kappa shape index (κ3) is 2.97. The molecule has 3 heteroatoms. The highest BCUT2D eigenvalue weighted by Crippen LogP contribution is 2.34. The highest BCUT2D eigenvalue weighted by Gasteiger charge is 2.20. The molecule has 0 aliphatic heterocycles. The van der Waals surface area contributed by atoms with E-state index in [2.05, 4.69) is 0 Å². The summed E-state index contributed by atoms with van der Waals surface area (Å²) in [4.78, 5) is 0. The van der Waals surface area contributed by atoms with Crippen molar-refractivity contribution < 1.29 is 14.2 Å². The molecule has 1 unspecified atom stereocenters. The van der Waals surface area contributed by atoms with Crippen molar-refractivity contribution in [2.45, 2.75) is 38.2 Å². The zero-order valence-corrected chi connectivity index (χ0v) is 10.2. The molecule has 0 amide bonds. The first-order valence-electron chi connectivity index (χ1n) is 6.22. The van der Waals surface area contributed by atoms with Crippen molar-refractivity contribution in [2.75, 3.05) is 7.11 Å². The minimum absolute atomic E-state index is 0.202. The largest absolute Gasteiger partial charge is 0.494 e. The molecular formula is C14H19FO2. The van der Waals surface area contributed by atoms with Crippen LogP contribution in [-0.4, -0.2) is 12.2 Å². The van der Waals surface area contributed by atoms with E-state index in [4.69, 9.17) is 4.74 Å². The van der Waals surface area contributed by atoms with Gasteiger partial charge in [0.2, 0.25) is 0 Å². The quantitative estimate of drug-likeness (QED) is 0.870. The number of benzene rings is 1. The fourth-order valence-electron chi connectivity index (χ4n) is 2.58. The van der Waals surface area contributed by atoms with Gasteiger partial charge >= 0.3 is 0 Å². The lowest BCUT2D eigenvalue weighted by Crippen LogP contribution is -2.05. The summed E-state index contributed by atoms with van der Waals surface area (Å²) >= 11 is 0. The second-order valence-corrected chi connectivity index (χ2v) is 4.80. The number of hydrogen-bond acceptors (Lipinski definition) is 2. The molecule has 1 aromatic carbocycles.